The van der Waals surface area contributed by atoms with Gasteiger partial charge in [0.1, 0.15) is 12.6 Å². The van der Waals surface area contributed by atoms with E-state index in [9.17, 15) is 18.0 Å². The van der Waals surface area contributed by atoms with Crippen LogP contribution in [0.5, 0.6) is 0 Å². The van der Waals surface area contributed by atoms with Gasteiger partial charge in [-0.15, -0.1) is 0 Å². The zero-order valence-electron chi connectivity index (χ0n) is 21.7. The number of carbonyl (C=O) groups is 2. The van der Waals surface area contributed by atoms with Crippen LogP contribution in [0.4, 0.5) is 5.69 Å². The predicted octanol–water partition coefficient (Wildman–Crippen LogP) is 5.36. The number of carbonyl (C=O) groups excluding carboxylic acids is 2. The van der Waals surface area contributed by atoms with Crippen molar-refractivity contribution < 1.29 is 18.0 Å². The second kappa shape index (κ2) is 12.5. The number of halogens is 2. The summed E-state index contributed by atoms with van der Waals surface area (Å²) in [6.07, 6.45) is 4.97. The number of anilines is 1. The SMILES string of the molecule is CC(C)c1ccccc1N(CC(=O)N(Cc1c(Cl)cccc1Cl)C(C)C(=O)NC1CCCC1)S(C)(=O)=O. The molecule has 2 amide bonds. The normalized spacial score (nSPS) is 15.0. The van der Waals surface area contributed by atoms with Crippen LogP contribution in [-0.2, 0) is 26.2 Å². The van der Waals surface area contributed by atoms with Gasteiger partial charge in [0.15, 0.2) is 0 Å². The van der Waals surface area contributed by atoms with Crippen LogP contribution in [-0.4, -0.2) is 50.0 Å². The molecule has 2 aromatic rings. The summed E-state index contributed by atoms with van der Waals surface area (Å²) >= 11 is 12.8. The summed E-state index contributed by atoms with van der Waals surface area (Å²) < 4.78 is 26.9. The average Bonchev–Trinajstić information content (AvgIpc) is 3.34. The summed E-state index contributed by atoms with van der Waals surface area (Å²) in [5.41, 5.74) is 1.73. The minimum atomic E-state index is -3.82. The molecule has 0 bridgehead atoms. The molecule has 0 saturated heterocycles. The fourth-order valence-corrected chi connectivity index (χ4v) is 6.01. The molecule has 10 heteroatoms. The van der Waals surface area contributed by atoms with Crippen molar-refractivity contribution in [2.24, 2.45) is 0 Å². The van der Waals surface area contributed by atoms with Gasteiger partial charge in [-0.2, -0.15) is 0 Å². The van der Waals surface area contributed by atoms with Crippen LogP contribution in [0.15, 0.2) is 42.5 Å². The summed E-state index contributed by atoms with van der Waals surface area (Å²) in [5.74, 6) is -0.796. The molecular formula is C27H35Cl2N3O4S. The van der Waals surface area contributed by atoms with Gasteiger partial charge in [-0.3, -0.25) is 13.9 Å². The third kappa shape index (κ3) is 7.39. The van der Waals surface area contributed by atoms with E-state index in [1.54, 1.807) is 37.3 Å². The molecule has 0 aliphatic heterocycles. The standard InChI is InChI=1S/C27H35Cl2N3O4S/c1-18(2)21-12-7-8-15-25(21)32(37(4,35)36)17-26(33)31(16-22-23(28)13-9-14-24(22)29)19(3)27(34)30-20-10-5-6-11-20/h7-9,12-15,18-20H,5-6,10-11,16-17H2,1-4H3,(H,30,34). The molecule has 3 rings (SSSR count). The third-order valence-corrected chi connectivity index (χ3v) is 8.60. The minimum absolute atomic E-state index is 0.0321. The van der Waals surface area contributed by atoms with E-state index in [1.165, 1.54) is 4.90 Å². The lowest BCUT2D eigenvalue weighted by Crippen LogP contribution is -2.52. The Morgan fingerprint density at radius 3 is 2.16 bits per heavy atom. The first-order chi connectivity index (χ1) is 17.4. The third-order valence-electron chi connectivity index (χ3n) is 6.77. The summed E-state index contributed by atoms with van der Waals surface area (Å²) in [6.45, 7) is 5.05. The van der Waals surface area contributed by atoms with Gasteiger partial charge in [0.25, 0.3) is 0 Å². The van der Waals surface area contributed by atoms with Gasteiger partial charge in [0, 0.05) is 28.2 Å². The Morgan fingerprint density at radius 2 is 1.59 bits per heavy atom. The first-order valence-electron chi connectivity index (χ1n) is 12.5. The van der Waals surface area contributed by atoms with Crippen LogP contribution in [0, 0.1) is 0 Å². The lowest BCUT2D eigenvalue weighted by atomic mass is 10.0. The van der Waals surface area contributed by atoms with Gasteiger partial charge in [0.05, 0.1) is 11.9 Å². The van der Waals surface area contributed by atoms with E-state index in [2.05, 4.69) is 5.32 Å². The van der Waals surface area contributed by atoms with Crippen molar-refractivity contribution >= 4 is 50.7 Å². The molecule has 1 N–H and O–H groups in total. The Hall–Kier alpha value is -2.29. The highest BCUT2D eigenvalue weighted by Gasteiger charge is 2.32. The molecule has 7 nitrogen and oxygen atoms in total. The monoisotopic (exact) mass is 567 g/mol. The lowest BCUT2D eigenvalue weighted by Gasteiger charge is -2.33. The maximum absolute atomic E-state index is 13.8. The van der Waals surface area contributed by atoms with Crippen molar-refractivity contribution in [3.63, 3.8) is 0 Å². The number of rotatable bonds is 10. The van der Waals surface area contributed by atoms with Crippen molar-refractivity contribution in [3.05, 3.63) is 63.6 Å². The van der Waals surface area contributed by atoms with E-state index in [1.807, 2.05) is 26.0 Å². The van der Waals surface area contributed by atoms with E-state index in [0.717, 1.165) is 41.8 Å². The summed E-state index contributed by atoms with van der Waals surface area (Å²) in [5, 5.41) is 3.76. The van der Waals surface area contributed by atoms with E-state index in [0.29, 0.717) is 21.3 Å². The number of nitrogens with one attached hydrogen (secondary N) is 1. The molecule has 1 aliphatic rings. The highest BCUT2D eigenvalue weighted by atomic mass is 35.5. The van der Waals surface area contributed by atoms with Crippen molar-refractivity contribution in [1.82, 2.24) is 10.2 Å². The van der Waals surface area contributed by atoms with Gasteiger partial charge >= 0.3 is 0 Å². The Morgan fingerprint density at radius 1 is 1.00 bits per heavy atom. The molecule has 1 saturated carbocycles. The summed E-state index contributed by atoms with van der Waals surface area (Å²) in [7, 11) is -3.82. The van der Waals surface area contributed by atoms with Gasteiger partial charge in [-0.25, -0.2) is 8.42 Å². The Bertz CT molecular complexity index is 1210. The molecular weight excluding hydrogens is 533 g/mol. The number of para-hydroxylation sites is 1. The minimum Gasteiger partial charge on any atom is -0.352 e. The van der Waals surface area contributed by atoms with Crippen LogP contribution in [0.3, 0.4) is 0 Å². The Kier molecular flexibility index (Phi) is 9.89. The van der Waals surface area contributed by atoms with E-state index < -0.39 is 28.5 Å². The first kappa shape index (κ1) is 29.3. The van der Waals surface area contributed by atoms with E-state index >= 15 is 0 Å². The van der Waals surface area contributed by atoms with Gasteiger partial charge in [-0.1, -0.05) is 74.2 Å². The second-order valence-electron chi connectivity index (χ2n) is 9.87. The Balaban J connectivity index is 1.97. The zero-order valence-corrected chi connectivity index (χ0v) is 24.0. The molecule has 0 heterocycles. The smallest absolute Gasteiger partial charge is 0.244 e. The Labute approximate surface area is 230 Å². The second-order valence-corrected chi connectivity index (χ2v) is 12.6. The van der Waals surface area contributed by atoms with Crippen molar-refractivity contribution in [1.29, 1.82) is 0 Å². The molecule has 0 radical (unpaired) electrons. The molecule has 1 fully saturated rings. The molecule has 0 aromatic heterocycles. The highest BCUT2D eigenvalue weighted by Crippen LogP contribution is 2.30. The molecule has 202 valence electrons. The lowest BCUT2D eigenvalue weighted by molar-refractivity contribution is -0.139. The number of amides is 2. The fourth-order valence-electron chi connectivity index (χ4n) is 4.63. The van der Waals surface area contributed by atoms with Gasteiger partial charge in [-0.05, 0) is 49.4 Å². The van der Waals surface area contributed by atoms with E-state index in [4.69, 9.17) is 23.2 Å². The zero-order chi connectivity index (χ0) is 27.3. The van der Waals surface area contributed by atoms with Crippen LogP contribution in [0.25, 0.3) is 0 Å². The number of sulfonamides is 1. The summed E-state index contributed by atoms with van der Waals surface area (Å²) in [4.78, 5) is 28.4. The van der Waals surface area contributed by atoms with Gasteiger partial charge < -0.3 is 10.2 Å². The summed E-state index contributed by atoms with van der Waals surface area (Å²) in [6, 6.07) is 11.3. The van der Waals surface area contributed by atoms with Crippen molar-refractivity contribution in [2.45, 2.75) is 71.0 Å². The van der Waals surface area contributed by atoms with Crippen molar-refractivity contribution in [3.8, 4) is 0 Å². The topological polar surface area (TPSA) is 86.8 Å². The van der Waals surface area contributed by atoms with Crippen LogP contribution in [0.2, 0.25) is 10.0 Å². The molecule has 2 aromatic carbocycles. The molecule has 37 heavy (non-hydrogen) atoms. The largest absolute Gasteiger partial charge is 0.352 e. The maximum atomic E-state index is 13.8. The molecule has 1 aliphatic carbocycles. The fraction of sp³-hybridized carbons (Fsp3) is 0.481. The predicted molar refractivity (Wildman–Crippen MR) is 150 cm³/mol. The molecule has 1 unspecified atom stereocenters. The molecule has 0 spiro atoms. The van der Waals surface area contributed by atoms with Crippen LogP contribution >= 0.6 is 23.2 Å². The van der Waals surface area contributed by atoms with Gasteiger partial charge in [0.2, 0.25) is 21.8 Å². The number of hydrogen-bond donors (Lipinski definition) is 1. The number of nitrogens with zero attached hydrogens (tertiary/aromatic N) is 2. The molecule has 1 atom stereocenters. The number of hydrogen-bond acceptors (Lipinski definition) is 4. The quantitative estimate of drug-likeness (QED) is 0.418. The van der Waals surface area contributed by atoms with Crippen molar-refractivity contribution in [2.75, 3.05) is 17.1 Å². The van der Waals surface area contributed by atoms with Crippen LogP contribution in [0.1, 0.15) is 63.5 Å². The first-order valence-corrected chi connectivity index (χ1v) is 15.1. The van der Waals surface area contributed by atoms with Crippen LogP contribution < -0.4 is 9.62 Å². The highest BCUT2D eigenvalue weighted by molar-refractivity contribution is 7.92. The van der Waals surface area contributed by atoms with E-state index in [-0.39, 0.29) is 24.4 Å². The maximum Gasteiger partial charge on any atom is 0.244 e. The average molecular weight is 569 g/mol. The number of benzene rings is 2.